The number of phenolic OH excluding ortho intramolecular Hbond substituents is 1. The molecule has 3 heteroatoms. The van der Waals surface area contributed by atoms with Crippen LogP contribution in [0.25, 0.3) is 0 Å². The Morgan fingerprint density at radius 1 is 1.47 bits per heavy atom. The molecule has 0 fully saturated rings. The van der Waals surface area contributed by atoms with E-state index in [-0.39, 0.29) is 11.7 Å². The summed E-state index contributed by atoms with van der Waals surface area (Å²) in [5.41, 5.74) is 0.675. The van der Waals surface area contributed by atoms with Crippen LogP contribution in [0, 0.1) is 11.8 Å². The van der Waals surface area contributed by atoms with Crippen molar-refractivity contribution in [3.05, 3.63) is 29.8 Å². The molecule has 0 bridgehead atoms. The second-order valence-electron chi connectivity index (χ2n) is 3.09. The Balaban J connectivity index is 3.00. The summed E-state index contributed by atoms with van der Waals surface area (Å²) in [5.74, 6) is 3.47. The molecule has 78 valence electrons. The molecule has 0 aliphatic carbocycles. The summed E-state index contributed by atoms with van der Waals surface area (Å²) in [6.07, 6.45) is 0.665. The average molecular weight is 204 g/mol. The van der Waals surface area contributed by atoms with Gasteiger partial charge in [-0.2, -0.15) is 0 Å². The van der Waals surface area contributed by atoms with Crippen LogP contribution in [0.1, 0.15) is 24.8 Å². The number of carboxylic acids is 1. The zero-order valence-electron chi connectivity index (χ0n) is 8.40. The Labute approximate surface area is 88.4 Å². The minimum atomic E-state index is -1.15. The molecule has 0 aromatic heterocycles. The highest BCUT2D eigenvalue weighted by atomic mass is 16.4. The summed E-state index contributed by atoms with van der Waals surface area (Å²) in [6, 6.07) is 6.83. The molecule has 1 unspecified atom stereocenters. The highest BCUT2D eigenvalue weighted by Crippen LogP contribution is 2.26. The number of para-hydroxylation sites is 1. The van der Waals surface area contributed by atoms with Crippen molar-refractivity contribution in [1.82, 2.24) is 0 Å². The number of aromatic hydroxyl groups is 1. The van der Waals surface area contributed by atoms with E-state index >= 15 is 0 Å². The predicted octanol–water partition coefficient (Wildman–Crippen LogP) is 1.97. The monoisotopic (exact) mass is 204 g/mol. The Bertz CT molecular complexity index is 412. The van der Waals surface area contributed by atoms with Gasteiger partial charge in [0.1, 0.15) is 5.75 Å². The first-order valence-corrected chi connectivity index (χ1v) is 4.67. The number of hydrogen-bond donors (Lipinski definition) is 2. The van der Waals surface area contributed by atoms with Crippen LogP contribution in [0.2, 0.25) is 0 Å². The number of carboxylic acid groups (broad SMARTS) is 1. The predicted molar refractivity (Wildman–Crippen MR) is 56.6 cm³/mol. The fraction of sp³-hybridized carbons (Fsp3) is 0.250. The summed E-state index contributed by atoms with van der Waals surface area (Å²) in [7, 11) is 0. The lowest BCUT2D eigenvalue weighted by Gasteiger charge is -2.09. The van der Waals surface area contributed by atoms with Crippen LogP contribution in [0.5, 0.6) is 5.75 Å². The van der Waals surface area contributed by atoms with E-state index in [2.05, 4.69) is 11.8 Å². The summed E-state index contributed by atoms with van der Waals surface area (Å²) < 4.78 is 0. The molecule has 0 radical (unpaired) electrons. The van der Waals surface area contributed by atoms with Crippen molar-refractivity contribution in [2.75, 3.05) is 0 Å². The highest BCUT2D eigenvalue weighted by molar-refractivity contribution is 5.86. The van der Waals surface area contributed by atoms with Gasteiger partial charge in [-0.3, -0.25) is 0 Å². The minimum Gasteiger partial charge on any atom is -0.508 e. The lowest BCUT2D eigenvalue weighted by atomic mass is 9.96. The third-order valence-corrected chi connectivity index (χ3v) is 2.07. The molecule has 15 heavy (non-hydrogen) atoms. The van der Waals surface area contributed by atoms with Gasteiger partial charge in [-0.15, -0.1) is 0 Å². The van der Waals surface area contributed by atoms with E-state index in [4.69, 9.17) is 5.11 Å². The second kappa shape index (κ2) is 5.06. The van der Waals surface area contributed by atoms with Gasteiger partial charge in [-0.1, -0.05) is 31.0 Å². The first-order valence-electron chi connectivity index (χ1n) is 4.67. The number of carbonyl (C=O) groups is 1. The van der Waals surface area contributed by atoms with Gasteiger partial charge in [-0.05, 0) is 12.5 Å². The zero-order chi connectivity index (χ0) is 11.3. The quantitative estimate of drug-likeness (QED) is 0.724. The Hall–Kier alpha value is -1.95. The first-order chi connectivity index (χ1) is 7.15. The van der Waals surface area contributed by atoms with Gasteiger partial charge in [0.25, 0.3) is 0 Å². The molecule has 0 saturated heterocycles. The molecule has 1 aromatic carbocycles. The number of phenols is 1. The molecule has 0 amide bonds. The maximum Gasteiger partial charge on any atom is 0.381 e. The topological polar surface area (TPSA) is 57.5 Å². The van der Waals surface area contributed by atoms with Crippen LogP contribution in [0.4, 0.5) is 0 Å². The molecule has 2 N–H and O–H groups in total. The Morgan fingerprint density at radius 3 is 2.67 bits per heavy atom. The fourth-order valence-corrected chi connectivity index (χ4v) is 1.33. The van der Waals surface area contributed by atoms with Crippen molar-refractivity contribution in [3.8, 4) is 17.6 Å². The summed E-state index contributed by atoms with van der Waals surface area (Å²) in [4.78, 5) is 10.3. The molecule has 3 nitrogen and oxygen atoms in total. The number of hydrogen-bond acceptors (Lipinski definition) is 2. The van der Waals surface area contributed by atoms with Crippen molar-refractivity contribution >= 4 is 5.97 Å². The van der Waals surface area contributed by atoms with Crippen LogP contribution >= 0.6 is 0 Å². The smallest absolute Gasteiger partial charge is 0.381 e. The van der Waals surface area contributed by atoms with E-state index in [1.165, 1.54) is 0 Å². The lowest BCUT2D eigenvalue weighted by Crippen LogP contribution is -1.96. The van der Waals surface area contributed by atoms with Crippen LogP contribution in [-0.2, 0) is 4.79 Å². The van der Waals surface area contributed by atoms with Crippen molar-refractivity contribution in [1.29, 1.82) is 0 Å². The van der Waals surface area contributed by atoms with Gasteiger partial charge in [0, 0.05) is 17.4 Å². The van der Waals surface area contributed by atoms with E-state index in [0.717, 1.165) is 0 Å². The maximum atomic E-state index is 10.3. The Morgan fingerprint density at radius 2 is 2.13 bits per heavy atom. The van der Waals surface area contributed by atoms with Crippen molar-refractivity contribution < 1.29 is 15.0 Å². The van der Waals surface area contributed by atoms with Gasteiger partial charge in [0.05, 0.1) is 0 Å². The van der Waals surface area contributed by atoms with E-state index in [1.807, 2.05) is 6.92 Å². The summed E-state index contributed by atoms with van der Waals surface area (Å²) in [6.45, 7) is 1.90. The second-order valence-corrected chi connectivity index (χ2v) is 3.09. The van der Waals surface area contributed by atoms with Crippen molar-refractivity contribution in [3.63, 3.8) is 0 Å². The molecular formula is C12H12O3. The van der Waals surface area contributed by atoms with E-state index in [1.54, 1.807) is 24.3 Å². The third kappa shape index (κ3) is 3.03. The van der Waals surface area contributed by atoms with Gasteiger partial charge >= 0.3 is 5.97 Å². The summed E-state index contributed by atoms with van der Waals surface area (Å²) >= 11 is 0. The molecular weight excluding hydrogens is 192 g/mol. The maximum absolute atomic E-state index is 10.3. The molecule has 0 aliphatic heterocycles. The molecule has 0 saturated carbocycles. The molecule has 1 rings (SSSR count). The van der Waals surface area contributed by atoms with Gasteiger partial charge in [0.15, 0.2) is 0 Å². The number of rotatable bonds is 2. The van der Waals surface area contributed by atoms with Gasteiger partial charge in [0.2, 0.25) is 0 Å². The highest BCUT2D eigenvalue weighted by Gasteiger charge is 2.10. The summed E-state index contributed by atoms with van der Waals surface area (Å²) in [5, 5.41) is 18.0. The third-order valence-electron chi connectivity index (χ3n) is 2.07. The number of benzene rings is 1. The normalized spacial score (nSPS) is 11.3. The number of aliphatic carboxylic acids is 1. The van der Waals surface area contributed by atoms with Crippen LogP contribution < -0.4 is 0 Å². The van der Waals surface area contributed by atoms with E-state index < -0.39 is 5.97 Å². The standard InChI is InChI=1S/C12H12O3/c1-2-9(7-8-12(14)15)10-5-3-4-6-11(10)13/h3-6,9,13H,2H2,1H3,(H,14,15). The molecule has 1 aromatic rings. The van der Waals surface area contributed by atoms with Crippen LogP contribution in [0.3, 0.4) is 0 Å². The molecule has 1 atom stereocenters. The van der Waals surface area contributed by atoms with Crippen molar-refractivity contribution in [2.24, 2.45) is 0 Å². The van der Waals surface area contributed by atoms with E-state index in [9.17, 15) is 9.90 Å². The van der Waals surface area contributed by atoms with Gasteiger partial charge in [-0.25, -0.2) is 4.79 Å². The average Bonchev–Trinajstić information content (AvgIpc) is 2.21. The van der Waals surface area contributed by atoms with E-state index in [0.29, 0.717) is 12.0 Å². The molecule has 0 spiro atoms. The van der Waals surface area contributed by atoms with Gasteiger partial charge < -0.3 is 10.2 Å². The molecule has 0 heterocycles. The Kier molecular flexibility index (Phi) is 3.75. The van der Waals surface area contributed by atoms with Crippen molar-refractivity contribution in [2.45, 2.75) is 19.3 Å². The fourth-order valence-electron chi connectivity index (χ4n) is 1.33. The SMILES string of the molecule is CCC(C#CC(=O)O)c1ccccc1O. The lowest BCUT2D eigenvalue weighted by molar-refractivity contribution is -0.130. The zero-order valence-corrected chi connectivity index (χ0v) is 8.40. The minimum absolute atomic E-state index is 0.157. The largest absolute Gasteiger partial charge is 0.508 e. The van der Waals surface area contributed by atoms with Crippen LogP contribution in [-0.4, -0.2) is 16.2 Å². The van der Waals surface area contributed by atoms with Crippen LogP contribution in [0.15, 0.2) is 24.3 Å². The molecule has 0 aliphatic rings. The first kappa shape index (κ1) is 11.1.